The molecule has 2 aliphatic heterocycles. The lowest BCUT2D eigenvalue weighted by atomic mass is 9.84. The van der Waals surface area contributed by atoms with Crippen LogP contribution in [0.5, 0.6) is 0 Å². The lowest BCUT2D eigenvalue weighted by Crippen LogP contribution is -2.41. The quantitative estimate of drug-likeness (QED) is 0.582. The Morgan fingerprint density at radius 1 is 1.17 bits per heavy atom. The first-order valence-electron chi connectivity index (χ1n) is 9.96. The number of imide groups is 1. The molecule has 0 aliphatic carbocycles. The van der Waals surface area contributed by atoms with E-state index in [4.69, 9.17) is 10.5 Å². The number of hydrogen-bond acceptors (Lipinski definition) is 5. The number of likely N-dealkylation sites (tertiary alicyclic amines) is 1. The molecule has 1 aromatic rings. The Bertz CT molecular complexity index is 826. The van der Waals surface area contributed by atoms with Crippen molar-refractivity contribution >= 4 is 23.6 Å². The van der Waals surface area contributed by atoms with Crippen LogP contribution in [0.15, 0.2) is 12.1 Å². The fourth-order valence-electron chi connectivity index (χ4n) is 3.94. The fraction of sp³-hybridized carbons (Fsp3) is 0.571. The van der Waals surface area contributed by atoms with Gasteiger partial charge in [-0.3, -0.25) is 14.9 Å². The zero-order valence-electron chi connectivity index (χ0n) is 17.1. The second kappa shape index (κ2) is 8.00. The number of nitrogens with two attached hydrogens (primary N) is 1. The van der Waals surface area contributed by atoms with Crippen LogP contribution in [0, 0.1) is 5.82 Å². The van der Waals surface area contributed by atoms with Gasteiger partial charge in [0.2, 0.25) is 11.8 Å². The van der Waals surface area contributed by atoms with E-state index in [0.29, 0.717) is 31.5 Å². The number of rotatable bonds is 2. The van der Waals surface area contributed by atoms with Gasteiger partial charge in [-0.2, -0.15) is 0 Å². The summed E-state index contributed by atoms with van der Waals surface area (Å²) < 4.78 is 20.4. The highest BCUT2D eigenvalue weighted by molar-refractivity contribution is 6.01. The lowest BCUT2D eigenvalue weighted by molar-refractivity contribution is -0.134. The van der Waals surface area contributed by atoms with Crippen LogP contribution in [0.2, 0.25) is 0 Å². The van der Waals surface area contributed by atoms with Crippen LogP contribution < -0.4 is 11.1 Å². The van der Waals surface area contributed by atoms with Crippen molar-refractivity contribution in [2.45, 2.75) is 63.9 Å². The first-order chi connectivity index (χ1) is 13.6. The molecular formula is C21H28FN3O4. The summed E-state index contributed by atoms with van der Waals surface area (Å²) in [4.78, 5) is 37.3. The molecule has 158 valence electrons. The molecule has 2 heterocycles. The Labute approximate surface area is 169 Å². The van der Waals surface area contributed by atoms with Crippen molar-refractivity contribution in [2.24, 2.45) is 0 Å². The number of carbonyl (C=O) groups excluding carboxylic acids is 3. The van der Waals surface area contributed by atoms with Gasteiger partial charge >= 0.3 is 6.09 Å². The number of nitrogens with zero attached hydrogens (tertiary/aromatic N) is 1. The van der Waals surface area contributed by atoms with Gasteiger partial charge in [-0.1, -0.05) is 12.1 Å². The molecule has 0 spiro atoms. The molecule has 2 fully saturated rings. The molecule has 0 aromatic heterocycles. The van der Waals surface area contributed by atoms with Gasteiger partial charge in [0.25, 0.3) is 0 Å². The minimum Gasteiger partial charge on any atom is -0.444 e. The first kappa shape index (κ1) is 21.1. The molecule has 0 radical (unpaired) electrons. The molecule has 1 unspecified atom stereocenters. The van der Waals surface area contributed by atoms with Crippen LogP contribution >= 0.6 is 0 Å². The van der Waals surface area contributed by atoms with Crippen molar-refractivity contribution in [3.8, 4) is 0 Å². The Morgan fingerprint density at radius 3 is 2.38 bits per heavy atom. The summed E-state index contributed by atoms with van der Waals surface area (Å²) in [5.74, 6) is -2.10. The van der Waals surface area contributed by atoms with Crippen molar-refractivity contribution in [3.05, 3.63) is 29.1 Å². The number of halogens is 1. The van der Waals surface area contributed by atoms with Crippen molar-refractivity contribution in [3.63, 3.8) is 0 Å². The molecule has 29 heavy (non-hydrogen) atoms. The minimum absolute atomic E-state index is 0.0268. The number of nitrogens with one attached hydrogen (secondary N) is 1. The Hall–Kier alpha value is -2.64. The van der Waals surface area contributed by atoms with Crippen molar-refractivity contribution in [2.75, 3.05) is 18.8 Å². The molecule has 0 saturated carbocycles. The maximum absolute atomic E-state index is 15.0. The molecule has 1 aromatic carbocycles. The third-order valence-electron chi connectivity index (χ3n) is 5.44. The van der Waals surface area contributed by atoms with E-state index in [0.717, 1.165) is 0 Å². The number of hydrogen-bond donors (Lipinski definition) is 2. The molecule has 2 saturated heterocycles. The lowest BCUT2D eigenvalue weighted by Gasteiger charge is -2.34. The summed E-state index contributed by atoms with van der Waals surface area (Å²) in [5.41, 5.74) is 6.51. The van der Waals surface area contributed by atoms with Gasteiger partial charge < -0.3 is 15.4 Å². The van der Waals surface area contributed by atoms with Crippen LogP contribution in [-0.4, -0.2) is 41.5 Å². The summed E-state index contributed by atoms with van der Waals surface area (Å²) in [6.45, 7) is 6.49. The standard InChI is InChI=1S/C21H28FN3O4/c1-21(2,3)29-20(28)25-10-8-12(9-11-25)13-4-5-14(17(22)18(13)23)15-6-7-16(26)24-19(15)27/h4-5,12,15H,6-11,23H2,1-3H3,(H,24,26,27). The van der Waals surface area contributed by atoms with Gasteiger partial charge in [-0.25, -0.2) is 9.18 Å². The highest BCUT2D eigenvalue weighted by Crippen LogP contribution is 2.37. The van der Waals surface area contributed by atoms with Crippen LogP contribution in [0.25, 0.3) is 0 Å². The van der Waals surface area contributed by atoms with Gasteiger partial charge in [0, 0.05) is 25.1 Å². The van der Waals surface area contributed by atoms with E-state index in [2.05, 4.69) is 5.32 Å². The van der Waals surface area contributed by atoms with E-state index >= 15 is 0 Å². The number of carbonyl (C=O) groups is 3. The van der Waals surface area contributed by atoms with Gasteiger partial charge in [0.15, 0.2) is 0 Å². The normalized spacial score (nSPS) is 21.1. The van der Waals surface area contributed by atoms with Gasteiger partial charge in [-0.05, 0) is 51.5 Å². The average molecular weight is 405 g/mol. The molecule has 2 aliphatic rings. The largest absolute Gasteiger partial charge is 0.444 e. The summed E-state index contributed by atoms with van der Waals surface area (Å²) in [6.07, 6.45) is 1.42. The smallest absolute Gasteiger partial charge is 0.410 e. The van der Waals surface area contributed by atoms with E-state index in [1.54, 1.807) is 17.0 Å². The number of ether oxygens (including phenoxy) is 1. The van der Waals surface area contributed by atoms with E-state index in [9.17, 15) is 18.8 Å². The molecule has 3 amide bonds. The van der Waals surface area contributed by atoms with Crippen molar-refractivity contribution in [1.29, 1.82) is 0 Å². The number of piperidine rings is 2. The van der Waals surface area contributed by atoms with Crippen LogP contribution in [0.4, 0.5) is 14.9 Å². The monoisotopic (exact) mass is 405 g/mol. The van der Waals surface area contributed by atoms with Crippen molar-refractivity contribution in [1.82, 2.24) is 10.2 Å². The summed E-state index contributed by atoms with van der Waals surface area (Å²) >= 11 is 0. The molecule has 3 N–H and O–H groups in total. The highest BCUT2D eigenvalue weighted by atomic mass is 19.1. The topological polar surface area (TPSA) is 102 Å². The van der Waals surface area contributed by atoms with Crippen molar-refractivity contribution < 1.29 is 23.5 Å². The second-order valence-corrected chi connectivity index (χ2v) is 8.72. The minimum atomic E-state index is -0.710. The Morgan fingerprint density at radius 2 is 1.79 bits per heavy atom. The predicted octanol–water partition coefficient (Wildman–Crippen LogP) is 3.04. The number of anilines is 1. The van der Waals surface area contributed by atoms with Crippen LogP contribution in [-0.2, 0) is 14.3 Å². The third-order valence-corrected chi connectivity index (χ3v) is 5.44. The maximum Gasteiger partial charge on any atom is 0.410 e. The molecule has 8 heteroatoms. The highest BCUT2D eigenvalue weighted by Gasteiger charge is 2.33. The molecular weight excluding hydrogens is 377 g/mol. The average Bonchev–Trinajstić information content (AvgIpc) is 2.63. The van der Waals surface area contributed by atoms with E-state index in [1.807, 2.05) is 20.8 Å². The summed E-state index contributed by atoms with van der Waals surface area (Å²) in [7, 11) is 0. The third kappa shape index (κ3) is 4.68. The van der Waals surface area contributed by atoms with E-state index in [-0.39, 0.29) is 42.0 Å². The van der Waals surface area contributed by atoms with Gasteiger partial charge in [-0.15, -0.1) is 0 Å². The predicted molar refractivity (Wildman–Crippen MR) is 106 cm³/mol. The number of amides is 3. The van der Waals surface area contributed by atoms with Gasteiger partial charge in [0.1, 0.15) is 11.4 Å². The fourth-order valence-corrected chi connectivity index (χ4v) is 3.94. The van der Waals surface area contributed by atoms with Gasteiger partial charge in [0.05, 0.1) is 11.6 Å². The molecule has 7 nitrogen and oxygen atoms in total. The van der Waals surface area contributed by atoms with Crippen LogP contribution in [0.3, 0.4) is 0 Å². The summed E-state index contributed by atoms with van der Waals surface area (Å²) in [5, 5.41) is 2.25. The Balaban J connectivity index is 1.70. The molecule has 0 bridgehead atoms. The SMILES string of the molecule is CC(C)(C)OC(=O)N1CCC(c2ccc(C3CCC(=O)NC3=O)c(F)c2N)CC1. The molecule has 1 atom stereocenters. The first-order valence-corrected chi connectivity index (χ1v) is 9.96. The zero-order valence-corrected chi connectivity index (χ0v) is 17.1. The molecule has 3 rings (SSSR count). The second-order valence-electron chi connectivity index (χ2n) is 8.72. The number of benzene rings is 1. The van der Waals surface area contributed by atoms with Crippen LogP contribution in [0.1, 0.15) is 69.4 Å². The Kier molecular flexibility index (Phi) is 5.82. The zero-order chi connectivity index (χ0) is 21.3. The van der Waals surface area contributed by atoms with E-state index < -0.39 is 23.2 Å². The van der Waals surface area contributed by atoms with E-state index in [1.165, 1.54) is 0 Å². The maximum atomic E-state index is 15.0. The summed E-state index contributed by atoms with van der Waals surface area (Å²) in [6, 6.07) is 3.37. The number of nitrogen functional groups attached to an aromatic ring is 1.